The van der Waals surface area contributed by atoms with Crippen molar-refractivity contribution in [3.63, 3.8) is 0 Å². The fourth-order valence-corrected chi connectivity index (χ4v) is 3.88. The van der Waals surface area contributed by atoms with Gasteiger partial charge in [-0.3, -0.25) is 9.79 Å². The Kier molecular flexibility index (Phi) is 6.64. The van der Waals surface area contributed by atoms with Crippen molar-refractivity contribution in [3.05, 3.63) is 46.3 Å². The number of pyridine rings is 1. The number of hydrogen-bond acceptors (Lipinski definition) is 5. The fourth-order valence-electron chi connectivity index (χ4n) is 3.24. The molecule has 1 fully saturated rings. The Balaban J connectivity index is 1.62. The molecule has 3 rings (SSSR count). The number of primary amides is 1. The highest BCUT2D eigenvalue weighted by Crippen LogP contribution is 2.24. The molecule has 4 N–H and O–H groups in total. The first-order chi connectivity index (χ1) is 13.2. The van der Waals surface area contributed by atoms with Gasteiger partial charge in [-0.1, -0.05) is 12.1 Å². The molecule has 1 aliphatic heterocycles. The van der Waals surface area contributed by atoms with Gasteiger partial charge in [-0.05, 0) is 30.4 Å². The largest absolute Gasteiger partial charge is 0.369 e. The van der Waals surface area contributed by atoms with E-state index in [0.717, 1.165) is 43.3 Å². The summed E-state index contributed by atoms with van der Waals surface area (Å²) >= 11 is 1.71. The van der Waals surface area contributed by atoms with E-state index in [4.69, 9.17) is 5.73 Å². The molecule has 0 aromatic carbocycles. The number of aliphatic imine (C=N–C) groups is 1. The van der Waals surface area contributed by atoms with Crippen LogP contribution in [0, 0.1) is 5.92 Å². The highest BCUT2D eigenvalue weighted by molar-refractivity contribution is 7.09. The molecule has 1 unspecified atom stereocenters. The third kappa shape index (κ3) is 5.19. The number of nitrogens with two attached hydrogens (primary N) is 1. The van der Waals surface area contributed by atoms with Crippen LogP contribution in [0.15, 0.2) is 40.8 Å². The van der Waals surface area contributed by atoms with Crippen molar-refractivity contribution in [1.29, 1.82) is 0 Å². The molecule has 1 saturated heterocycles. The lowest BCUT2D eigenvalue weighted by Crippen LogP contribution is -2.42. The van der Waals surface area contributed by atoms with Gasteiger partial charge in [-0.2, -0.15) is 0 Å². The van der Waals surface area contributed by atoms with Gasteiger partial charge in [0.1, 0.15) is 5.82 Å². The van der Waals surface area contributed by atoms with Gasteiger partial charge in [0.15, 0.2) is 5.96 Å². The van der Waals surface area contributed by atoms with Gasteiger partial charge in [-0.25, -0.2) is 4.98 Å². The molecule has 27 heavy (non-hydrogen) atoms. The third-order valence-corrected chi connectivity index (χ3v) is 5.55. The predicted octanol–water partition coefficient (Wildman–Crippen LogP) is 1.71. The highest BCUT2D eigenvalue weighted by Gasteiger charge is 2.25. The van der Waals surface area contributed by atoms with Crippen molar-refractivity contribution in [2.75, 3.05) is 25.0 Å². The molecular formula is C19H26N6OS. The Morgan fingerprint density at radius 2 is 2.22 bits per heavy atom. The van der Waals surface area contributed by atoms with E-state index in [-0.39, 0.29) is 11.8 Å². The molecule has 0 bridgehead atoms. The number of nitrogens with one attached hydrogen (secondary N) is 2. The van der Waals surface area contributed by atoms with Crippen molar-refractivity contribution in [2.24, 2.45) is 16.6 Å². The minimum atomic E-state index is -0.228. The number of carbonyl (C=O) groups is 1. The number of hydrogen-bond donors (Lipinski definition) is 3. The van der Waals surface area contributed by atoms with Gasteiger partial charge in [0.05, 0.1) is 12.5 Å². The molecule has 7 nitrogen and oxygen atoms in total. The van der Waals surface area contributed by atoms with Crippen molar-refractivity contribution in [2.45, 2.75) is 25.9 Å². The zero-order valence-corrected chi connectivity index (χ0v) is 16.3. The van der Waals surface area contributed by atoms with E-state index in [1.807, 2.05) is 12.1 Å². The summed E-state index contributed by atoms with van der Waals surface area (Å²) < 4.78 is 0. The number of guanidine groups is 1. The smallest absolute Gasteiger partial charge is 0.222 e. The maximum atomic E-state index is 11.6. The molecule has 1 aliphatic rings. The number of nitrogens with zero attached hydrogens (tertiary/aromatic N) is 3. The van der Waals surface area contributed by atoms with Crippen LogP contribution in [0.25, 0.3) is 0 Å². The van der Waals surface area contributed by atoms with Gasteiger partial charge in [0.25, 0.3) is 0 Å². The first-order valence-electron chi connectivity index (χ1n) is 9.12. The van der Waals surface area contributed by atoms with Crippen molar-refractivity contribution >= 4 is 29.0 Å². The topological polar surface area (TPSA) is 95.6 Å². The van der Waals surface area contributed by atoms with Crippen LogP contribution in [0.2, 0.25) is 0 Å². The molecule has 1 atom stereocenters. The molecule has 0 spiro atoms. The molecule has 144 valence electrons. The summed E-state index contributed by atoms with van der Waals surface area (Å²) in [5.41, 5.74) is 6.58. The van der Waals surface area contributed by atoms with Crippen LogP contribution in [0.1, 0.15) is 23.3 Å². The second-order valence-electron chi connectivity index (χ2n) is 6.53. The van der Waals surface area contributed by atoms with Gasteiger partial charge in [0, 0.05) is 43.3 Å². The number of amides is 1. The summed E-state index contributed by atoms with van der Waals surface area (Å²) in [6.45, 7) is 2.86. The zero-order valence-electron chi connectivity index (χ0n) is 15.5. The lowest BCUT2D eigenvalue weighted by Gasteiger charge is -2.33. The summed E-state index contributed by atoms with van der Waals surface area (Å²) in [6, 6.07) is 8.11. The van der Waals surface area contributed by atoms with Crippen LogP contribution in [-0.2, 0) is 17.9 Å². The SMILES string of the molecule is CN=C(NCc1cccs1)NCc1cccnc1N1CCCC(C(N)=O)C1. The number of rotatable bonds is 6. The van der Waals surface area contributed by atoms with Crippen LogP contribution in [0.4, 0.5) is 5.82 Å². The number of thiophene rings is 1. The lowest BCUT2D eigenvalue weighted by molar-refractivity contribution is -0.122. The Morgan fingerprint density at radius 1 is 1.37 bits per heavy atom. The maximum absolute atomic E-state index is 11.6. The molecule has 8 heteroatoms. The number of anilines is 1. The number of aromatic nitrogens is 1. The van der Waals surface area contributed by atoms with Crippen LogP contribution in [-0.4, -0.2) is 37.0 Å². The van der Waals surface area contributed by atoms with E-state index in [9.17, 15) is 4.79 Å². The van der Waals surface area contributed by atoms with Crippen LogP contribution < -0.4 is 21.3 Å². The quantitative estimate of drug-likeness (QED) is 0.519. The zero-order chi connectivity index (χ0) is 19.1. The average Bonchev–Trinajstić information content (AvgIpc) is 3.22. The minimum absolute atomic E-state index is 0.109. The van der Waals surface area contributed by atoms with E-state index in [2.05, 4.69) is 43.0 Å². The average molecular weight is 387 g/mol. The molecule has 0 aliphatic carbocycles. The summed E-state index contributed by atoms with van der Waals surface area (Å²) in [7, 11) is 1.76. The molecule has 0 radical (unpaired) electrons. The first-order valence-corrected chi connectivity index (χ1v) is 10.0. The number of piperidine rings is 1. The van der Waals surface area contributed by atoms with Gasteiger partial charge in [-0.15, -0.1) is 11.3 Å². The highest BCUT2D eigenvalue weighted by atomic mass is 32.1. The van der Waals surface area contributed by atoms with Gasteiger partial charge < -0.3 is 21.3 Å². The second-order valence-corrected chi connectivity index (χ2v) is 7.56. The predicted molar refractivity (Wildman–Crippen MR) is 110 cm³/mol. The van der Waals surface area contributed by atoms with Crippen LogP contribution in [0.5, 0.6) is 0 Å². The second kappa shape index (κ2) is 9.36. The Bertz CT molecular complexity index is 776. The van der Waals surface area contributed by atoms with E-state index < -0.39 is 0 Å². The Labute approximate surface area is 163 Å². The van der Waals surface area contributed by atoms with E-state index in [1.165, 1.54) is 4.88 Å². The number of carbonyl (C=O) groups excluding carboxylic acids is 1. The van der Waals surface area contributed by atoms with E-state index in [1.54, 1.807) is 24.6 Å². The monoisotopic (exact) mass is 386 g/mol. The summed E-state index contributed by atoms with van der Waals surface area (Å²) in [6.07, 6.45) is 3.59. The Morgan fingerprint density at radius 3 is 2.96 bits per heavy atom. The summed E-state index contributed by atoms with van der Waals surface area (Å²) in [4.78, 5) is 23.8. The van der Waals surface area contributed by atoms with Crippen molar-refractivity contribution in [3.8, 4) is 0 Å². The standard InChI is InChI=1S/C19H26N6OS/c1-21-19(24-12-16-7-4-10-27-16)23-11-14-5-2-8-22-18(14)25-9-3-6-15(13-25)17(20)26/h2,4-5,7-8,10,15H,3,6,9,11-13H2,1H3,(H2,20,26)(H2,21,23,24). The molecule has 1 amide bonds. The van der Waals surface area contributed by atoms with Crippen LogP contribution >= 0.6 is 11.3 Å². The fraction of sp³-hybridized carbons (Fsp3) is 0.421. The minimum Gasteiger partial charge on any atom is -0.369 e. The van der Waals surface area contributed by atoms with Gasteiger partial charge in [0.2, 0.25) is 5.91 Å². The molecule has 2 aromatic heterocycles. The maximum Gasteiger partial charge on any atom is 0.222 e. The molecular weight excluding hydrogens is 360 g/mol. The molecule has 2 aromatic rings. The third-order valence-electron chi connectivity index (χ3n) is 4.67. The molecule has 0 saturated carbocycles. The van der Waals surface area contributed by atoms with Gasteiger partial charge >= 0.3 is 0 Å². The normalized spacial score (nSPS) is 17.6. The van der Waals surface area contributed by atoms with E-state index in [0.29, 0.717) is 13.1 Å². The first kappa shape index (κ1) is 19.2. The molecule has 3 heterocycles. The van der Waals surface area contributed by atoms with E-state index >= 15 is 0 Å². The summed E-state index contributed by atoms with van der Waals surface area (Å²) in [5, 5.41) is 8.73. The lowest BCUT2D eigenvalue weighted by atomic mass is 9.97. The van der Waals surface area contributed by atoms with Crippen molar-refractivity contribution < 1.29 is 4.79 Å². The van der Waals surface area contributed by atoms with Crippen LogP contribution in [0.3, 0.4) is 0 Å². The summed E-state index contributed by atoms with van der Waals surface area (Å²) in [5.74, 6) is 1.31. The van der Waals surface area contributed by atoms with Crippen molar-refractivity contribution in [1.82, 2.24) is 15.6 Å². The Hall–Kier alpha value is -2.61.